The molecular formula is C36H45N7O2. The first-order valence-corrected chi connectivity index (χ1v) is 16.5. The monoisotopic (exact) mass is 607 g/mol. The van der Waals surface area contributed by atoms with Gasteiger partial charge in [0.15, 0.2) is 5.82 Å². The molecule has 0 radical (unpaired) electrons. The van der Waals surface area contributed by atoms with Gasteiger partial charge in [0.25, 0.3) is 0 Å². The predicted octanol–water partition coefficient (Wildman–Crippen LogP) is 6.02. The highest BCUT2D eigenvalue weighted by Crippen LogP contribution is 2.48. The van der Waals surface area contributed by atoms with Crippen molar-refractivity contribution < 1.29 is 9.90 Å². The lowest BCUT2D eigenvalue weighted by Crippen LogP contribution is -2.57. The molecule has 0 spiro atoms. The van der Waals surface area contributed by atoms with Crippen molar-refractivity contribution in [2.24, 2.45) is 0 Å². The van der Waals surface area contributed by atoms with E-state index in [1.165, 1.54) is 32.4 Å². The van der Waals surface area contributed by atoms with Crippen LogP contribution in [0.2, 0.25) is 0 Å². The zero-order valence-corrected chi connectivity index (χ0v) is 27.1. The average molecular weight is 608 g/mol. The van der Waals surface area contributed by atoms with E-state index in [1.807, 2.05) is 37.5 Å². The summed E-state index contributed by atoms with van der Waals surface area (Å²) in [6.45, 7) is 11.3. The van der Waals surface area contributed by atoms with Crippen molar-refractivity contribution in [2.45, 2.75) is 90.1 Å². The van der Waals surface area contributed by atoms with E-state index >= 15 is 0 Å². The van der Waals surface area contributed by atoms with Crippen LogP contribution in [0.15, 0.2) is 48.8 Å². The van der Waals surface area contributed by atoms with Crippen molar-refractivity contribution in [3.05, 3.63) is 65.5 Å². The van der Waals surface area contributed by atoms with Gasteiger partial charge in [-0.2, -0.15) is 0 Å². The normalized spacial score (nSPS) is 22.0. The molecule has 2 aromatic heterocycles. The topological polar surface area (TPSA) is 98.6 Å². The van der Waals surface area contributed by atoms with Crippen LogP contribution >= 0.6 is 0 Å². The minimum Gasteiger partial charge on any atom is -0.374 e. The van der Waals surface area contributed by atoms with Gasteiger partial charge < -0.3 is 24.8 Å². The van der Waals surface area contributed by atoms with E-state index in [9.17, 15) is 9.90 Å². The lowest BCUT2D eigenvalue weighted by Gasteiger charge is -2.48. The molecule has 1 aliphatic carbocycles. The Morgan fingerprint density at radius 2 is 1.82 bits per heavy atom. The van der Waals surface area contributed by atoms with Crippen LogP contribution in [-0.4, -0.2) is 62.7 Å². The molecule has 1 saturated heterocycles. The zero-order chi connectivity index (χ0) is 31.5. The lowest BCUT2D eigenvalue weighted by molar-refractivity contribution is -0.123. The molecule has 1 amide bonds. The highest BCUT2D eigenvalue weighted by Gasteiger charge is 2.50. The Hall–Kier alpha value is -3.79. The summed E-state index contributed by atoms with van der Waals surface area (Å²) in [6, 6.07) is 15.2. The molecular weight excluding hydrogens is 562 g/mol. The number of aryl methyl sites for hydroxylation is 2. The fraction of sp³-hybridized carbons (Fsp3) is 0.472. The third kappa shape index (κ3) is 5.11. The number of imidazole rings is 1. The Morgan fingerprint density at radius 1 is 1.04 bits per heavy atom. The molecule has 1 saturated carbocycles. The third-order valence-corrected chi connectivity index (χ3v) is 10.4. The number of nitrogens with one attached hydrogen (secondary N) is 2. The van der Waals surface area contributed by atoms with Crippen molar-refractivity contribution in [1.82, 2.24) is 24.8 Å². The summed E-state index contributed by atoms with van der Waals surface area (Å²) in [4.78, 5) is 28.5. The van der Waals surface area contributed by atoms with Crippen LogP contribution < -0.4 is 15.5 Å². The number of carbonyl (C=O) groups excluding carboxylic acids is 1. The molecule has 3 aliphatic rings. The summed E-state index contributed by atoms with van der Waals surface area (Å²) in [7, 11) is 1.74. The van der Waals surface area contributed by atoms with Gasteiger partial charge >= 0.3 is 0 Å². The Balaban J connectivity index is 1.25. The molecule has 2 aliphatic heterocycles. The summed E-state index contributed by atoms with van der Waals surface area (Å²) < 4.78 is 2.09. The third-order valence-electron chi connectivity index (χ3n) is 10.4. The number of aliphatic hydroxyl groups is 1. The van der Waals surface area contributed by atoms with Gasteiger partial charge in [-0.25, -0.2) is 9.97 Å². The number of rotatable bonds is 8. The lowest BCUT2D eigenvalue weighted by atomic mass is 9.82. The van der Waals surface area contributed by atoms with Gasteiger partial charge in [-0.3, -0.25) is 10.1 Å². The van der Waals surface area contributed by atoms with Crippen molar-refractivity contribution in [3.63, 3.8) is 0 Å². The van der Waals surface area contributed by atoms with E-state index < -0.39 is 11.6 Å². The highest BCUT2D eigenvalue weighted by atomic mass is 16.3. The molecule has 45 heavy (non-hydrogen) atoms. The maximum Gasteiger partial charge on any atom is 0.237 e. The Kier molecular flexibility index (Phi) is 7.66. The van der Waals surface area contributed by atoms with E-state index in [4.69, 9.17) is 9.97 Å². The predicted molar refractivity (Wildman–Crippen MR) is 180 cm³/mol. The Labute approximate surface area is 265 Å². The SMILES string of the molecule is CCn1cnc2cc(-c3ccc4c(c3)N(C3CC(N5CCCCC5)C3)C(=O)C4(C)C)nc(Nc3ccc(C)c(C(O)NC)c3)c21. The van der Waals surface area contributed by atoms with Gasteiger partial charge in [-0.1, -0.05) is 24.6 Å². The van der Waals surface area contributed by atoms with E-state index in [0.717, 1.165) is 69.7 Å². The van der Waals surface area contributed by atoms with E-state index in [1.54, 1.807) is 7.05 Å². The van der Waals surface area contributed by atoms with Crippen LogP contribution in [0.3, 0.4) is 0 Å². The molecule has 9 heteroatoms. The Bertz CT molecular complexity index is 1750. The number of nitrogens with zero attached hydrogens (tertiary/aromatic N) is 5. The fourth-order valence-electron chi connectivity index (χ4n) is 7.53. The number of aliphatic hydroxyl groups excluding tert-OH is 1. The first-order valence-electron chi connectivity index (χ1n) is 16.5. The number of amides is 1. The minimum absolute atomic E-state index is 0.197. The maximum absolute atomic E-state index is 13.9. The molecule has 7 rings (SSSR count). The van der Waals surface area contributed by atoms with E-state index in [-0.39, 0.29) is 11.9 Å². The fourth-order valence-corrected chi connectivity index (χ4v) is 7.53. The molecule has 0 bridgehead atoms. The summed E-state index contributed by atoms with van der Waals surface area (Å²) in [5.41, 5.74) is 7.72. The van der Waals surface area contributed by atoms with E-state index in [2.05, 4.69) is 64.0 Å². The number of piperidine rings is 1. The summed E-state index contributed by atoms with van der Waals surface area (Å²) in [5, 5.41) is 17.0. The Morgan fingerprint density at radius 3 is 2.56 bits per heavy atom. The van der Waals surface area contributed by atoms with Gasteiger partial charge in [0.05, 0.1) is 23.0 Å². The number of anilines is 3. The largest absolute Gasteiger partial charge is 0.374 e. The zero-order valence-electron chi connectivity index (χ0n) is 27.1. The quantitative estimate of drug-likeness (QED) is 0.211. The summed E-state index contributed by atoms with van der Waals surface area (Å²) in [6.07, 6.45) is 7.08. The first-order chi connectivity index (χ1) is 21.7. The molecule has 236 valence electrons. The second-order valence-electron chi connectivity index (χ2n) is 13.5. The molecule has 1 unspecified atom stereocenters. The van der Waals surface area contributed by atoms with Gasteiger partial charge in [0.2, 0.25) is 5.91 Å². The molecule has 4 heterocycles. The molecule has 9 nitrogen and oxygen atoms in total. The van der Waals surface area contributed by atoms with Crippen LogP contribution in [-0.2, 0) is 16.8 Å². The highest BCUT2D eigenvalue weighted by molar-refractivity contribution is 6.08. The number of hydrogen-bond donors (Lipinski definition) is 3. The number of fused-ring (bicyclic) bond motifs is 2. The molecule has 2 aromatic carbocycles. The number of pyridine rings is 1. The van der Waals surface area contributed by atoms with Gasteiger partial charge in [-0.05, 0) is 109 Å². The van der Waals surface area contributed by atoms with Crippen molar-refractivity contribution in [3.8, 4) is 11.3 Å². The summed E-state index contributed by atoms with van der Waals surface area (Å²) >= 11 is 0. The number of aromatic nitrogens is 3. The van der Waals surface area contributed by atoms with Gasteiger partial charge in [-0.15, -0.1) is 0 Å². The molecule has 2 fully saturated rings. The smallest absolute Gasteiger partial charge is 0.237 e. The van der Waals surface area contributed by atoms with Gasteiger partial charge in [0, 0.05) is 41.1 Å². The average Bonchev–Trinajstić information content (AvgIpc) is 3.53. The number of carbonyl (C=O) groups is 1. The summed E-state index contributed by atoms with van der Waals surface area (Å²) in [5.74, 6) is 0.899. The van der Waals surface area contributed by atoms with Crippen molar-refractivity contribution >= 4 is 34.1 Å². The molecule has 4 aromatic rings. The molecule has 1 atom stereocenters. The number of benzene rings is 2. The maximum atomic E-state index is 13.9. The van der Waals surface area contributed by atoms with Crippen LogP contribution in [0.5, 0.6) is 0 Å². The second-order valence-corrected chi connectivity index (χ2v) is 13.5. The van der Waals surface area contributed by atoms with E-state index in [0.29, 0.717) is 11.9 Å². The second kappa shape index (κ2) is 11.5. The van der Waals surface area contributed by atoms with Crippen LogP contribution in [0.1, 0.15) is 75.8 Å². The first kappa shape index (κ1) is 29.9. The number of likely N-dealkylation sites (tertiary alicyclic amines) is 1. The van der Waals surface area contributed by atoms with Crippen molar-refractivity contribution in [1.29, 1.82) is 0 Å². The van der Waals surface area contributed by atoms with Gasteiger partial charge in [0.1, 0.15) is 11.7 Å². The standard InChI is InChI=1S/C36H45N7O2/c1-6-41-21-38-30-20-29(40-33(32(30)41)39-24-12-10-22(2)27(17-24)34(44)37-5)23-11-13-28-31(16-23)43(35(45)36(28,3)4)26-18-25(19-26)42-14-8-7-9-15-42/h10-13,16-17,20-21,25-26,34,37,44H,6-9,14-15,18-19H2,1-5H3,(H,39,40). The minimum atomic E-state index is -0.764. The van der Waals surface area contributed by atoms with Crippen LogP contribution in [0.25, 0.3) is 22.3 Å². The van der Waals surface area contributed by atoms with Crippen LogP contribution in [0, 0.1) is 6.92 Å². The van der Waals surface area contributed by atoms with Crippen LogP contribution in [0.4, 0.5) is 17.2 Å². The van der Waals surface area contributed by atoms with Crippen molar-refractivity contribution in [2.75, 3.05) is 30.4 Å². The molecule has 3 N–H and O–H groups in total. The number of hydrogen-bond acceptors (Lipinski definition) is 7.